The van der Waals surface area contributed by atoms with E-state index in [9.17, 15) is 17.6 Å². The van der Waals surface area contributed by atoms with Crippen molar-refractivity contribution in [2.45, 2.75) is 19.6 Å². The lowest BCUT2D eigenvalue weighted by molar-refractivity contribution is -0.146. The van der Waals surface area contributed by atoms with Gasteiger partial charge in [-0.05, 0) is 36.2 Å². The Kier molecular flexibility index (Phi) is 3.63. The van der Waals surface area contributed by atoms with Crippen molar-refractivity contribution >= 4 is 11.5 Å². The van der Waals surface area contributed by atoms with Crippen LogP contribution < -0.4 is 5.32 Å². The van der Waals surface area contributed by atoms with Crippen LogP contribution >= 0.6 is 0 Å². The zero-order valence-electron chi connectivity index (χ0n) is 11.9. The number of rotatable bonds is 3. The van der Waals surface area contributed by atoms with Gasteiger partial charge in [-0.2, -0.15) is 17.7 Å². The van der Waals surface area contributed by atoms with Crippen LogP contribution in [0.15, 0.2) is 30.3 Å². The first-order valence-electron chi connectivity index (χ1n) is 6.63. The van der Waals surface area contributed by atoms with Gasteiger partial charge in [-0.3, -0.25) is 0 Å². The Hall–Kier alpha value is -2.71. The topological polar surface area (TPSA) is 55.1 Å². The summed E-state index contributed by atoms with van der Waals surface area (Å²) < 4.78 is 52.5. The third-order valence-corrected chi connectivity index (χ3v) is 3.23. The zero-order valence-corrected chi connectivity index (χ0v) is 11.9. The lowest BCUT2D eigenvalue weighted by Crippen LogP contribution is -2.13. The molecular weight excluding hydrogens is 314 g/mol. The smallest absolute Gasteiger partial charge is 0.365 e. The first-order valence-corrected chi connectivity index (χ1v) is 6.63. The maximum Gasteiger partial charge on any atom is 0.453 e. The van der Waals surface area contributed by atoms with Crippen molar-refractivity contribution in [3.8, 4) is 0 Å². The quantitative estimate of drug-likeness (QED) is 0.751. The molecule has 23 heavy (non-hydrogen) atoms. The van der Waals surface area contributed by atoms with Gasteiger partial charge in [0.2, 0.25) is 0 Å². The van der Waals surface area contributed by atoms with Gasteiger partial charge in [0.25, 0.3) is 5.82 Å². The van der Waals surface area contributed by atoms with E-state index < -0.39 is 12.0 Å². The summed E-state index contributed by atoms with van der Waals surface area (Å²) in [6.45, 7) is 1.87. The second-order valence-corrected chi connectivity index (χ2v) is 4.95. The minimum Gasteiger partial charge on any atom is -0.365 e. The van der Waals surface area contributed by atoms with Crippen LogP contribution in [0.2, 0.25) is 0 Å². The summed E-state index contributed by atoms with van der Waals surface area (Å²) in [5, 5.41) is 13.2. The number of hydrogen-bond donors (Lipinski definition) is 1. The fraction of sp³-hybridized carbons (Fsp3) is 0.214. The highest BCUT2D eigenvalue weighted by molar-refractivity contribution is 5.44. The van der Waals surface area contributed by atoms with Crippen LogP contribution in [-0.4, -0.2) is 19.8 Å². The second kappa shape index (κ2) is 5.49. The number of anilines is 1. The number of aryl methyl sites for hydroxylation is 1. The SMILES string of the molecule is Cc1ccc(CNc2ccc3nnc(C(F)(F)F)n3n2)cc1F. The average molecular weight is 325 g/mol. The minimum atomic E-state index is -4.65. The van der Waals surface area contributed by atoms with Crippen LogP contribution in [0.5, 0.6) is 0 Å². The zero-order chi connectivity index (χ0) is 16.6. The third-order valence-electron chi connectivity index (χ3n) is 3.23. The molecule has 3 aromatic rings. The molecule has 0 saturated heterocycles. The van der Waals surface area contributed by atoms with Gasteiger partial charge in [-0.15, -0.1) is 15.3 Å². The van der Waals surface area contributed by atoms with E-state index in [1.165, 1.54) is 18.2 Å². The Morgan fingerprint density at radius 3 is 2.61 bits per heavy atom. The lowest BCUT2D eigenvalue weighted by atomic mass is 10.1. The fourth-order valence-corrected chi connectivity index (χ4v) is 2.00. The van der Waals surface area contributed by atoms with Gasteiger partial charge in [-0.25, -0.2) is 4.39 Å². The van der Waals surface area contributed by atoms with E-state index >= 15 is 0 Å². The standard InChI is InChI=1S/C14H11F4N5/c1-8-2-3-9(6-10(8)15)7-19-11-4-5-12-20-21-13(14(16,17)18)23(12)22-11/h2-6H,7H2,1H3,(H,19,22). The van der Waals surface area contributed by atoms with Crippen LogP contribution in [0.3, 0.4) is 0 Å². The van der Waals surface area contributed by atoms with E-state index in [-0.39, 0.29) is 23.8 Å². The van der Waals surface area contributed by atoms with E-state index in [4.69, 9.17) is 0 Å². The van der Waals surface area contributed by atoms with Crippen molar-refractivity contribution in [2.24, 2.45) is 0 Å². The predicted octanol–water partition coefficient (Wildman–Crippen LogP) is 3.20. The van der Waals surface area contributed by atoms with Crippen molar-refractivity contribution < 1.29 is 17.6 Å². The lowest BCUT2D eigenvalue weighted by Gasteiger charge is -2.08. The molecule has 2 heterocycles. The van der Waals surface area contributed by atoms with Gasteiger partial charge in [0.05, 0.1) is 0 Å². The molecule has 0 bridgehead atoms. The van der Waals surface area contributed by atoms with Crippen molar-refractivity contribution in [3.05, 3.63) is 53.1 Å². The maximum absolute atomic E-state index is 13.5. The van der Waals surface area contributed by atoms with Gasteiger partial charge in [0, 0.05) is 6.54 Å². The highest BCUT2D eigenvalue weighted by Crippen LogP contribution is 2.27. The largest absolute Gasteiger partial charge is 0.453 e. The second-order valence-electron chi connectivity index (χ2n) is 4.95. The van der Waals surface area contributed by atoms with E-state index in [0.717, 1.165) is 0 Å². The summed E-state index contributed by atoms with van der Waals surface area (Å²) in [5.41, 5.74) is 1.16. The van der Waals surface area contributed by atoms with E-state index in [1.54, 1.807) is 19.1 Å². The van der Waals surface area contributed by atoms with Crippen LogP contribution in [-0.2, 0) is 12.7 Å². The molecular formula is C14H11F4N5. The minimum absolute atomic E-state index is 0.00995. The molecule has 0 aliphatic heterocycles. The Morgan fingerprint density at radius 2 is 1.91 bits per heavy atom. The Balaban J connectivity index is 1.84. The Morgan fingerprint density at radius 1 is 1.13 bits per heavy atom. The van der Waals surface area contributed by atoms with Crippen LogP contribution in [0.1, 0.15) is 17.0 Å². The van der Waals surface area contributed by atoms with Gasteiger partial charge >= 0.3 is 6.18 Å². The molecule has 0 spiro atoms. The van der Waals surface area contributed by atoms with E-state index in [2.05, 4.69) is 20.6 Å². The fourth-order valence-electron chi connectivity index (χ4n) is 2.00. The summed E-state index contributed by atoms with van der Waals surface area (Å²) in [4.78, 5) is 0. The average Bonchev–Trinajstić information content (AvgIpc) is 2.91. The molecule has 5 nitrogen and oxygen atoms in total. The number of nitrogens with zero attached hydrogens (tertiary/aromatic N) is 4. The molecule has 0 atom stereocenters. The van der Waals surface area contributed by atoms with Gasteiger partial charge < -0.3 is 5.32 Å². The van der Waals surface area contributed by atoms with Crippen molar-refractivity contribution in [2.75, 3.05) is 5.32 Å². The molecule has 0 aliphatic rings. The highest BCUT2D eigenvalue weighted by Gasteiger charge is 2.37. The number of halogens is 4. The van der Waals surface area contributed by atoms with E-state index in [0.29, 0.717) is 15.6 Å². The molecule has 1 N–H and O–H groups in total. The van der Waals surface area contributed by atoms with Crippen LogP contribution in [0, 0.1) is 12.7 Å². The normalized spacial score (nSPS) is 11.9. The molecule has 0 aliphatic carbocycles. The molecule has 1 aromatic carbocycles. The first-order chi connectivity index (χ1) is 10.8. The van der Waals surface area contributed by atoms with Crippen molar-refractivity contribution in [1.29, 1.82) is 0 Å². The summed E-state index contributed by atoms with van der Waals surface area (Å²) in [7, 11) is 0. The van der Waals surface area contributed by atoms with Crippen LogP contribution in [0.25, 0.3) is 5.65 Å². The van der Waals surface area contributed by atoms with Crippen molar-refractivity contribution in [3.63, 3.8) is 0 Å². The summed E-state index contributed by atoms with van der Waals surface area (Å²) >= 11 is 0. The monoisotopic (exact) mass is 325 g/mol. The summed E-state index contributed by atoms with van der Waals surface area (Å²) in [6.07, 6.45) is -4.65. The molecule has 120 valence electrons. The molecule has 0 amide bonds. The molecule has 2 aromatic heterocycles. The summed E-state index contributed by atoms with van der Waals surface area (Å²) in [6, 6.07) is 7.57. The molecule has 0 fully saturated rings. The van der Waals surface area contributed by atoms with Crippen molar-refractivity contribution in [1.82, 2.24) is 19.8 Å². The Bertz CT molecular complexity index is 856. The molecule has 9 heteroatoms. The number of nitrogens with one attached hydrogen (secondary N) is 1. The summed E-state index contributed by atoms with van der Waals surface area (Å²) in [5.74, 6) is -1.34. The molecule has 3 rings (SSSR count). The van der Waals surface area contributed by atoms with Gasteiger partial charge in [-0.1, -0.05) is 12.1 Å². The van der Waals surface area contributed by atoms with E-state index in [1.807, 2.05) is 0 Å². The number of fused-ring (bicyclic) bond motifs is 1. The maximum atomic E-state index is 13.5. The Labute approximate surface area is 128 Å². The number of alkyl halides is 3. The third kappa shape index (κ3) is 3.08. The van der Waals surface area contributed by atoms with Gasteiger partial charge in [0.15, 0.2) is 5.65 Å². The number of benzene rings is 1. The van der Waals surface area contributed by atoms with Gasteiger partial charge in [0.1, 0.15) is 11.6 Å². The molecule has 0 saturated carbocycles. The molecule has 0 radical (unpaired) electrons. The number of hydrogen-bond acceptors (Lipinski definition) is 4. The molecule has 0 unspecified atom stereocenters. The van der Waals surface area contributed by atoms with Crippen LogP contribution in [0.4, 0.5) is 23.4 Å². The first kappa shape index (κ1) is 15.2. The highest BCUT2D eigenvalue weighted by atomic mass is 19.4. The predicted molar refractivity (Wildman–Crippen MR) is 74.2 cm³/mol. The number of aromatic nitrogens is 4.